The van der Waals surface area contributed by atoms with E-state index in [0.29, 0.717) is 15.7 Å². The molecule has 1 aromatic rings. The third-order valence-corrected chi connectivity index (χ3v) is 1.68. The lowest BCUT2D eigenvalue weighted by Gasteiger charge is -1.94. The van der Waals surface area contributed by atoms with Crippen LogP contribution in [-0.4, -0.2) is 0 Å². The minimum absolute atomic E-state index is 0.497. The van der Waals surface area contributed by atoms with E-state index in [0.717, 1.165) is 0 Å². The molecule has 1 aromatic carbocycles. The third kappa shape index (κ3) is 3.08. The minimum Gasteiger partial charge on any atom is -0.399 e. The van der Waals surface area contributed by atoms with Crippen molar-refractivity contribution < 1.29 is 0 Å². The Morgan fingerprint density at radius 1 is 1.09 bits per heavy atom. The van der Waals surface area contributed by atoms with E-state index < -0.39 is 0 Å². The maximum absolute atomic E-state index is 6.00. The van der Waals surface area contributed by atoms with Gasteiger partial charge in [-0.25, -0.2) is 0 Å². The predicted molar refractivity (Wildman–Crippen MR) is 44.3 cm³/mol. The van der Waals surface area contributed by atoms with Crippen molar-refractivity contribution in [3.8, 4) is 0 Å². The maximum Gasteiger partial charge on any atom is 0.0612 e. The van der Waals surface area contributed by atoms with Gasteiger partial charge in [-0.3, -0.25) is 0 Å². The van der Waals surface area contributed by atoms with E-state index in [2.05, 4.69) is 0 Å². The summed E-state index contributed by atoms with van der Waals surface area (Å²) in [5, 5.41) is 13.0. The number of hydrogen-bond donors (Lipinski definition) is 1. The Balaban J connectivity index is 0.000000461. The summed E-state index contributed by atoms with van der Waals surface area (Å²) in [6.07, 6.45) is 0. The lowest BCUT2D eigenvalue weighted by molar-refractivity contribution is 1.15. The molecule has 0 heterocycles. The van der Waals surface area contributed by atoms with E-state index in [1.807, 2.05) is 0 Å². The molecule has 0 spiro atoms. The largest absolute Gasteiger partial charge is 0.399 e. The van der Waals surface area contributed by atoms with Gasteiger partial charge in [0.2, 0.25) is 0 Å². The fourth-order valence-electron chi connectivity index (χ4n) is 0.512. The van der Waals surface area contributed by atoms with Crippen molar-refractivity contribution in [3.05, 3.63) is 28.2 Å². The van der Waals surface area contributed by atoms with Crippen molar-refractivity contribution in [3.63, 3.8) is 0 Å². The Hall–Kier alpha value is -0.980. The SMILES string of the molecule is N#N.Nc1ccc(Cl)c(Cl)c1. The van der Waals surface area contributed by atoms with Crippen molar-refractivity contribution >= 4 is 28.9 Å². The van der Waals surface area contributed by atoms with Crippen molar-refractivity contribution in [1.29, 1.82) is 10.8 Å². The summed E-state index contributed by atoms with van der Waals surface area (Å²) in [7, 11) is 0. The monoisotopic (exact) mass is 189 g/mol. The van der Waals surface area contributed by atoms with Crippen LogP contribution >= 0.6 is 23.2 Å². The number of hydrogen-bond acceptors (Lipinski definition) is 3. The molecule has 0 aromatic heterocycles. The topological polar surface area (TPSA) is 73.6 Å². The van der Waals surface area contributed by atoms with Crippen molar-refractivity contribution in [1.82, 2.24) is 0 Å². The Morgan fingerprint density at radius 2 is 1.64 bits per heavy atom. The van der Waals surface area contributed by atoms with Gasteiger partial charge in [0.25, 0.3) is 0 Å². The van der Waals surface area contributed by atoms with E-state index >= 15 is 0 Å². The normalized spacial score (nSPS) is 8.00. The van der Waals surface area contributed by atoms with Crippen LogP contribution in [0, 0.1) is 10.8 Å². The van der Waals surface area contributed by atoms with Crippen LogP contribution in [0.2, 0.25) is 10.0 Å². The molecule has 0 bridgehead atoms. The van der Waals surface area contributed by atoms with Crippen LogP contribution in [0.15, 0.2) is 18.2 Å². The first-order valence-electron chi connectivity index (χ1n) is 2.60. The first-order chi connectivity index (χ1) is 5.20. The van der Waals surface area contributed by atoms with E-state index in [1.165, 1.54) is 0 Å². The highest BCUT2D eigenvalue weighted by molar-refractivity contribution is 6.42. The lowest BCUT2D eigenvalue weighted by Crippen LogP contribution is -1.82. The van der Waals surface area contributed by atoms with Crippen molar-refractivity contribution in [2.24, 2.45) is 0 Å². The average molecular weight is 190 g/mol. The van der Waals surface area contributed by atoms with Crippen LogP contribution in [0.5, 0.6) is 0 Å². The zero-order valence-electron chi connectivity index (χ0n) is 5.46. The molecule has 0 aliphatic rings. The van der Waals surface area contributed by atoms with Gasteiger partial charge >= 0.3 is 0 Å². The lowest BCUT2D eigenvalue weighted by atomic mass is 10.3. The van der Waals surface area contributed by atoms with E-state index in [1.54, 1.807) is 18.2 Å². The van der Waals surface area contributed by atoms with Crippen LogP contribution in [0.3, 0.4) is 0 Å². The molecule has 2 N–H and O–H groups in total. The number of anilines is 1. The van der Waals surface area contributed by atoms with Crippen molar-refractivity contribution in [2.45, 2.75) is 0 Å². The fraction of sp³-hybridized carbons (Fsp3) is 0. The van der Waals surface area contributed by atoms with Gasteiger partial charge in [0.05, 0.1) is 10.0 Å². The molecular formula is C6H5Cl2N3. The smallest absolute Gasteiger partial charge is 0.0612 e. The third-order valence-electron chi connectivity index (χ3n) is 0.944. The highest BCUT2D eigenvalue weighted by atomic mass is 35.5. The molecule has 0 fully saturated rings. The van der Waals surface area contributed by atoms with Gasteiger partial charge in [-0.2, -0.15) is 0 Å². The summed E-state index contributed by atoms with van der Waals surface area (Å²) >= 11 is 11.2. The van der Waals surface area contributed by atoms with Crippen LogP contribution in [0.25, 0.3) is 0 Å². The molecule has 0 amide bonds. The Kier molecular flexibility index (Phi) is 4.35. The molecule has 58 valence electrons. The van der Waals surface area contributed by atoms with Gasteiger partial charge in [0, 0.05) is 16.5 Å². The molecule has 11 heavy (non-hydrogen) atoms. The second-order valence-electron chi connectivity index (χ2n) is 1.67. The van der Waals surface area contributed by atoms with Crippen LogP contribution in [0.4, 0.5) is 5.69 Å². The van der Waals surface area contributed by atoms with E-state index in [-0.39, 0.29) is 0 Å². The number of nitrogen functional groups attached to an aromatic ring is 1. The molecule has 0 aliphatic heterocycles. The molecule has 5 heteroatoms. The summed E-state index contributed by atoms with van der Waals surface area (Å²) in [5.74, 6) is 0. The molecule has 0 saturated heterocycles. The number of nitrogens with two attached hydrogens (primary N) is 1. The van der Waals surface area contributed by atoms with E-state index in [9.17, 15) is 0 Å². The molecule has 1 rings (SSSR count). The molecule has 0 saturated carbocycles. The van der Waals surface area contributed by atoms with Crippen LogP contribution < -0.4 is 5.73 Å². The highest BCUT2D eigenvalue weighted by Gasteiger charge is 1.94. The van der Waals surface area contributed by atoms with Crippen molar-refractivity contribution in [2.75, 3.05) is 5.73 Å². The van der Waals surface area contributed by atoms with Gasteiger partial charge in [-0.15, -0.1) is 0 Å². The first kappa shape index (κ1) is 10.0. The second kappa shape index (κ2) is 4.78. The van der Waals surface area contributed by atoms with Gasteiger partial charge < -0.3 is 5.73 Å². The Bertz CT molecular complexity index is 259. The summed E-state index contributed by atoms with van der Waals surface area (Å²) in [6.45, 7) is 0. The summed E-state index contributed by atoms with van der Waals surface area (Å²) in [6, 6.07) is 4.98. The predicted octanol–water partition coefficient (Wildman–Crippen LogP) is 2.61. The number of nitrogens with zero attached hydrogens (tertiary/aromatic N) is 2. The number of benzene rings is 1. The van der Waals surface area contributed by atoms with E-state index in [4.69, 9.17) is 39.7 Å². The number of rotatable bonds is 0. The van der Waals surface area contributed by atoms with Gasteiger partial charge in [-0.05, 0) is 18.2 Å². The van der Waals surface area contributed by atoms with Gasteiger partial charge in [-0.1, -0.05) is 23.2 Å². The molecule has 3 nitrogen and oxygen atoms in total. The minimum atomic E-state index is 0.497. The first-order valence-corrected chi connectivity index (χ1v) is 3.36. The van der Waals surface area contributed by atoms with Crippen LogP contribution in [-0.2, 0) is 0 Å². The number of halogens is 2. The Labute approximate surface area is 74.1 Å². The highest BCUT2D eigenvalue weighted by Crippen LogP contribution is 2.23. The standard InChI is InChI=1S/C6H5Cl2N.N2/c7-5-2-1-4(9)3-6(5)8;1-2/h1-3H,9H2;. The molecule has 0 aliphatic carbocycles. The zero-order chi connectivity index (χ0) is 8.85. The Morgan fingerprint density at radius 3 is 2.00 bits per heavy atom. The summed E-state index contributed by atoms with van der Waals surface area (Å²) in [5.41, 5.74) is 6.01. The molecule has 0 unspecified atom stereocenters. The maximum atomic E-state index is 6.00. The molecule has 0 atom stereocenters. The summed E-state index contributed by atoms with van der Waals surface area (Å²) < 4.78 is 0. The molecular weight excluding hydrogens is 185 g/mol. The average Bonchev–Trinajstić information content (AvgIpc) is 2.02. The zero-order valence-corrected chi connectivity index (χ0v) is 6.97. The van der Waals surface area contributed by atoms with Gasteiger partial charge in [0.1, 0.15) is 0 Å². The quantitative estimate of drug-likeness (QED) is 0.504. The van der Waals surface area contributed by atoms with Gasteiger partial charge in [0.15, 0.2) is 0 Å². The fourth-order valence-corrected chi connectivity index (χ4v) is 0.819. The summed E-state index contributed by atoms with van der Waals surface area (Å²) in [4.78, 5) is 0. The van der Waals surface area contributed by atoms with Crippen LogP contribution in [0.1, 0.15) is 0 Å². The second-order valence-corrected chi connectivity index (χ2v) is 2.49. The molecule has 0 radical (unpaired) electrons.